The maximum Gasteiger partial charge on any atom is 0.280 e. The van der Waals surface area contributed by atoms with Crippen molar-refractivity contribution in [3.8, 4) is 0 Å². The Labute approximate surface area is 158 Å². The Hall–Kier alpha value is -1.89. The fourth-order valence-electron chi connectivity index (χ4n) is 6.37. The van der Waals surface area contributed by atoms with Crippen molar-refractivity contribution in [1.82, 2.24) is 19.5 Å². The molecular formula is C20H29N5O2. The molecule has 4 aliphatic rings. The fourth-order valence-corrected chi connectivity index (χ4v) is 6.37. The molecule has 0 atom stereocenters. The average Bonchev–Trinajstić information content (AvgIpc) is 3.07. The number of nitrogens with one attached hydrogen (secondary N) is 2. The average molecular weight is 371 g/mol. The quantitative estimate of drug-likeness (QED) is 0.725. The fraction of sp³-hybridized carbons (Fsp3) is 0.750. The smallest absolute Gasteiger partial charge is 0.280 e. The van der Waals surface area contributed by atoms with Crippen LogP contribution < -0.4 is 10.9 Å². The van der Waals surface area contributed by atoms with Gasteiger partial charge >= 0.3 is 0 Å². The second-order valence-electron chi connectivity index (χ2n) is 9.02. The lowest BCUT2D eigenvalue weighted by atomic mass is 9.49. The number of rotatable bonds is 6. The highest BCUT2D eigenvalue weighted by Gasteiger charge is 2.53. The van der Waals surface area contributed by atoms with Gasteiger partial charge in [0, 0.05) is 18.5 Å². The summed E-state index contributed by atoms with van der Waals surface area (Å²) in [4.78, 5) is 26.0. The van der Waals surface area contributed by atoms with Gasteiger partial charge in [-0.1, -0.05) is 6.92 Å². The maximum atomic E-state index is 13.1. The Morgan fingerprint density at radius 2 is 1.85 bits per heavy atom. The van der Waals surface area contributed by atoms with Gasteiger partial charge in [-0.2, -0.15) is 4.98 Å². The van der Waals surface area contributed by atoms with E-state index >= 15 is 0 Å². The van der Waals surface area contributed by atoms with Crippen LogP contribution in [0, 0.1) is 17.8 Å². The minimum atomic E-state index is -0.0641. The molecule has 27 heavy (non-hydrogen) atoms. The van der Waals surface area contributed by atoms with E-state index in [2.05, 4.69) is 15.3 Å². The number of imidazole rings is 1. The van der Waals surface area contributed by atoms with Crippen molar-refractivity contribution >= 4 is 17.1 Å². The second-order valence-corrected chi connectivity index (χ2v) is 9.02. The van der Waals surface area contributed by atoms with E-state index in [0.717, 1.165) is 30.0 Å². The minimum Gasteiger partial charge on any atom is -0.395 e. The Morgan fingerprint density at radius 1 is 1.19 bits per heavy atom. The predicted molar refractivity (Wildman–Crippen MR) is 104 cm³/mol. The largest absolute Gasteiger partial charge is 0.395 e. The van der Waals surface area contributed by atoms with Crippen molar-refractivity contribution < 1.29 is 5.11 Å². The van der Waals surface area contributed by atoms with Crippen LogP contribution in [0.2, 0.25) is 0 Å². The van der Waals surface area contributed by atoms with Crippen LogP contribution in [0.25, 0.3) is 11.2 Å². The van der Waals surface area contributed by atoms with Crippen molar-refractivity contribution in [3.05, 3.63) is 16.2 Å². The molecule has 0 radical (unpaired) electrons. The van der Waals surface area contributed by atoms with Crippen LogP contribution in [-0.2, 0) is 12.0 Å². The van der Waals surface area contributed by atoms with E-state index in [4.69, 9.17) is 10.1 Å². The van der Waals surface area contributed by atoms with Crippen LogP contribution in [0.3, 0.4) is 0 Å². The van der Waals surface area contributed by atoms with Gasteiger partial charge in [0.15, 0.2) is 11.2 Å². The summed E-state index contributed by atoms with van der Waals surface area (Å²) < 4.78 is 1.67. The molecule has 4 fully saturated rings. The lowest BCUT2D eigenvalue weighted by molar-refractivity contribution is -0.00888. The van der Waals surface area contributed by atoms with Gasteiger partial charge in [0.05, 0.1) is 6.61 Å². The van der Waals surface area contributed by atoms with Crippen molar-refractivity contribution in [2.24, 2.45) is 17.8 Å². The zero-order valence-electron chi connectivity index (χ0n) is 16.0. The normalized spacial score (nSPS) is 31.7. The molecule has 0 aliphatic heterocycles. The standard InChI is InChI=1S/C20H29N5O2/c1-2-4-25-17(27)15-16(24-19(25)21-3-5-26)23-18(22-15)20-9-12-6-13(10-20)8-14(7-12)11-20/h12-14,26H,2-11H2,1H3,(H,21,24)(H,22,23). The Morgan fingerprint density at radius 3 is 2.44 bits per heavy atom. The third-order valence-corrected chi connectivity index (χ3v) is 6.99. The highest BCUT2D eigenvalue weighted by atomic mass is 16.3. The number of aromatic amines is 1. The summed E-state index contributed by atoms with van der Waals surface area (Å²) in [5.41, 5.74) is 1.10. The molecule has 0 saturated heterocycles. The Bertz CT molecular complexity index is 880. The van der Waals surface area contributed by atoms with Crippen LogP contribution in [-0.4, -0.2) is 37.8 Å². The molecule has 4 bridgehead atoms. The molecule has 0 aromatic carbocycles. The first kappa shape index (κ1) is 17.2. The van der Waals surface area contributed by atoms with Crippen molar-refractivity contribution in [2.75, 3.05) is 18.5 Å². The minimum absolute atomic E-state index is 0.000869. The lowest BCUT2D eigenvalue weighted by Crippen LogP contribution is -2.49. The first-order valence-corrected chi connectivity index (χ1v) is 10.5. The van der Waals surface area contributed by atoms with Gasteiger partial charge in [-0.15, -0.1) is 0 Å². The van der Waals surface area contributed by atoms with Gasteiger partial charge in [-0.25, -0.2) is 4.98 Å². The van der Waals surface area contributed by atoms with Crippen LogP contribution in [0.4, 0.5) is 5.95 Å². The van der Waals surface area contributed by atoms with Gasteiger partial charge < -0.3 is 15.4 Å². The lowest BCUT2D eigenvalue weighted by Gasteiger charge is -2.55. The monoisotopic (exact) mass is 371 g/mol. The molecule has 2 aromatic rings. The van der Waals surface area contributed by atoms with Gasteiger partial charge in [0.1, 0.15) is 5.82 Å². The molecule has 7 heteroatoms. The number of hydrogen-bond acceptors (Lipinski definition) is 5. The highest BCUT2D eigenvalue weighted by Crippen LogP contribution is 2.60. The number of nitrogens with zero attached hydrogens (tertiary/aromatic N) is 3. The Balaban J connectivity index is 1.59. The summed E-state index contributed by atoms with van der Waals surface area (Å²) in [6.07, 6.45) is 8.62. The molecule has 2 aromatic heterocycles. The molecule has 3 N–H and O–H groups in total. The SMILES string of the molecule is CCCn1c(NCCO)nc2nc(C34CC5CC(CC(C5)C3)C4)[nH]c2c1=O. The molecular weight excluding hydrogens is 342 g/mol. The summed E-state index contributed by atoms with van der Waals surface area (Å²) in [5, 5.41) is 12.2. The second kappa shape index (κ2) is 6.33. The number of H-pyrrole nitrogens is 1. The molecule has 0 spiro atoms. The molecule has 4 aliphatic carbocycles. The maximum absolute atomic E-state index is 13.1. The van der Waals surface area contributed by atoms with E-state index in [1.165, 1.54) is 38.5 Å². The number of aromatic nitrogens is 4. The number of anilines is 1. The van der Waals surface area contributed by atoms with E-state index in [-0.39, 0.29) is 17.6 Å². The molecule has 4 saturated carbocycles. The van der Waals surface area contributed by atoms with E-state index in [9.17, 15) is 4.79 Å². The molecule has 2 heterocycles. The summed E-state index contributed by atoms with van der Waals surface area (Å²) >= 11 is 0. The number of aliphatic hydroxyl groups is 1. The number of fused-ring (bicyclic) bond motifs is 1. The summed E-state index contributed by atoms with van der Waals surface area (Å²) in [6.45, 7) is 3.01. The number of aliphatic hydroxyl groups excluding tert-OH is 1. The topological polar surface area (TPSA) is 95.8 Å². The zero-order chi connectivity index (χ0) is 18.6. The Kier molecular flexibility index (Phi) is 4.04. The van der Waals surface area contributed by atoms with Crippen LogP contribution in [0.5, 0.6) is 0 Å². The zero-order valence-corrected chi connectivity index (χ0v) is 16.0. The van der Waals surface area contributed by atoms with Gasteiger partial charge in [0.25, 0.3) is 5.56 Å². The molecule has 146 valence electrons. The molecule has 6 rings (SSSR count). The first-order chi connectivity index (χ1) is 13.1. The first-order valence-electron chi connectivity index (χ1n) is 10.5. The summed E-state index contributed by atoms with van der Waals surface area (Å²) in [5.74, 6) is 3.98. The highest BCUT2D eigenvalue weighted by molar-refractivity contribution is 5.71. The predicted octanol–water partition coefficient (Wildman–Crippen LogP) is 2.40. The third kappa shape index (κ3) is 2.70. The number of hydrogen-bond donors (Lipinski definition) is 3. The third-order valence-electron chi connectivity index (χ3n) is 6.99. The van der Waals surface area contributed by atoms with Crippen LogP contribution in [0.1, 0.15) is 57.7 Å². The van der Waals surface area contributed by atoms with E-state index in [1.807, 2.05) is 6.92 Å². The van der Waals surface area contributed by atoms with Crippen molar-refractivity contribution in [2.45, 2.75) is 63.8 Å². The van der Waals surface area contributed by atoms with Gasteiger partial charge in [0.2, 0.25) is 5.95 Å². The van der Waals surface area contributed by atoms with E-state index < -0.39 is 0 Å². The van der Waals surface area contributed by atoms with Gasteiger partial charge in [-0.05, 0) is 62.7 Å². The van der Waals surface area contributed by atoms with Crippen molar-refractivity contribution in [1.29, 1.82) is 0 Å². The summed E-state index contributed by atoms with van der Waals surface area (Å²) in [6, 6.07) is 0. The molecule has 7 nitrogen and oxygen atoms in total. The molecule has 0 amide bonds. The van der Waals surface area contributed by atoms with E-state index in [1.54, 1.807) is 4.57 Å². The summed E-state index contributed by atoms with van der Waals surface area (Å²) in [7, 11) is 0. The molecule has 0 unspecified atom stereocenters. The van der Waals surface area contributed by atoms with Crippen LogP contribution in [0.15, 0.2) is 4.79 Å². The van der Waals surface area contributed by atoms with E-state index in [0.29, 0.717) is 30.2 Å². The van der Waals surface area contributed by atoms with Crippen LogP contribution >= 0.6 is 0 Å². The van der Waals surface area contributed by atoms with Crippen molar-refractivity contribution in [3.63, 3.8) is 0 Å². The van der Waals surface area contributed by atoms with Gasteiger partial charge in [-0.3, -0.25) is 9.36 Å².